The van der Waals surface area contributed by atoms with Gasteiger partial charge in [0.25, 0.3) is 0 Å². The van der Waals surface area contributed by atoms with Gasteiger partial charge >= 0.3 is 12.0 Å². The Kier molecular flexibility index (Phi) is 5.74. The average Bonchev–Trinajstić information content (AvgIpc) is 3.25. The molecule has 2 aromatic heterocycles. The van der Waals surface area contributed by atoms with Crippen LogP contribution in [0.15, 0.2) is 54.2 Å². The fraction of sp³-hybridized carbons (Fsp3) is 0.312. The zero-order valence-corrected chi connectivity index (χ0v) is 12.9. The van der Waals surface area contributed by atoms with E-state index in [4.69, 9.17) is 9.15 Å². The fourth-order valence-electron chi connectivity index (χ4n) is 2.15. The summed E-state index contributed by atoms with van der Waals surface area (Å²) < 4.78 is 11.7. The fourth-order valence-corrected chi connectivity index (χ4v) is 2.15. The first-order chi connectivity index (χ1) is 11.2. The van der Waals surface area contributed by atoms with Gasteiger partial charge in [-0.05, 0) is 18.6 Å². The number of hydrogen-bond donors (Lipinski definition) is 0. The summed E-state index contributed by atoms with van der Waals surface area (Å²) >= 11 is 0. The van der Waals surface area contributed by atoms with E-state index in [0.717, 1.165) is 0 Å². The van der Waals surface area contributed by atoms with Crippen LogP contribution < -0.4 is 0 Å². The molecular weight excluding hydrogens is 298 g/mol. The molecule has 0 fully saturated rings. The molecule has 7 nitrogen and oxygen atoms in total. The van der Waals surface area contributed by atoms with Crippen LogP contribution in [0.3, 0.4) is 0 Å². The molecule has 1 atom stereocenters. The van der Waals surface area contributed by atoms with E-state index < -0.39 is 12.0 Å². The number of aromatic nitrogens is 2. The van der Waals surface area contributed by atoms with Crippen LogP contribution in [0.4, 0.5) is 4.79 Å². The molecule has 0 aromatic carbocycles. The van der Waals surface area contributed by atoms with Gasteiger partial charge in [0.05, 0.1) is 12.8 Å². The number of carbonyl (C=O) groups is 2. The lowest BCUT2D eigenvalue weighted by atomic mass is 10.2. The maximum Gasteiger partial charge on any atom is 0.330 e. The summed E-state index contributed by atoms with van der Waals surface area (Å²) in [5.41, 5.74) is 0. The summed E-state index contributed by atoms with van der Waals surface area (Å²) in [5.74, 6) is 0.0980. The van der Waals surface area contributed by atoms with Crippen molar-refractivity contribution in [2.45, 2.75) is 25.9 Å². The number of imidazole rings is 1. The molecular formula is C16H19N3O4. The van der Waals surface area contributed by atoms with Crippen molar-refractivity contribution in [1.82, 2.24) is 14.5 Å². The molecule has 0 aliphatic heterocycles. The molecule has 0 saturated heterocycles. The summed E-state index contributed by atoms with van der Waals surface area (Å²) in [7, 11) is 0. The SMILES string of the molecule is C=CCOC(=O)C(CC)N(Cc1ccco1)C(=O)n1ccnc1. The van der Waals surface area contributed by atoms with E-state index in [-0.39, 0.29) is 19.2 Å². The third kappa shape index (κ3) is 4.09. The molecule has 0 N–H and O–H groups in total. The van der Waals surface area contributed by atoms with Crippen LogP contribution in [0.2, 0.25) is 0 Å². The minimum atomic E-state index is -0.727. The minimum absolute atomic E-state index is 0.100. The van der Waals surface area contributed by atoms with Crippen molar-refractivity contribution in [3.8, 4) is 0 Å². The molecule has 23 heavy (non-hydrogen) atoms. The Morgan fingerprint density at radius 2 is 2.39 bits per heavy atom. The molecule has 0 saturated carbocycles. The number of hydrogen-bond acceptors (Lipinski definition) is 5. The predicted molar refractivity (Wildman–Crippen MR) is 82.5 cm³/mol. The highest BCUT2D eigenvalue weighted by molar-refractivity contribution is 5.84. The number of esters is 1. The Balaban J connectivity index is 2.25. The standard InChI is InChI=1S/C16H19N3O4/c1-3-9-23-15(20)14(4-2)19(11-13-6-5-10-22-13)16(21)18-8-7-17-12-18/h3,5-8,10,12,14H,1,4,9,11H2,2H3. The lowest BCUT2D eigenvalue weighted by Crippen LogP contribution is -2.46. The lowest BCUT2D eigenvalue weighted by molar-refractivity contribution is -0.148. The maximum atomic E-state index is 12.7. The molecule has 0 bridgehead atoms. The largest absolute Gasteiger partial charge is 0.467 e. The van der Waals surface area contributed by atoms with Gasteiger partial charge in [-0.25, -0.2) is 14.6 Å². The second kappa shape index (κ2) is 7.98. The summed E-state index contributed by atoms with van der Waals surface area (Å²) in [6.45, 7) is 5.59. The van der Waals surface area contributed by atoms with E-state index in [2.05, 4.69) is 11.6 Å². The van der Waals surface area contributed by atoms with Gasteiger partial charge in [0.15, 0.2) is 0 Å². The number of amides is 1. The summed E-state index contributed by atoms with van der Waals surface area (Å²) in [6.07, 6.45) is 7.83. The van der Waals surface area contributed by atoms with Crippen LogP contribution in [-0.4, -0.2) is 39.1 Å². The smallest absolute Gasteiger partial charge is 0.330 e. The Morgan fingerprint density at radius 1 is 1.57 bits per heavy atom. The van der Waals surface area contributed by atoms with Crippen molar-refractivity contribution < 1.29 is 18.7 Å². The zero-order valence-electron chi connectivity index (χ0n) is 12.9. The van der Waals surface area contributed by atoms with E-state index in [1.54, 1.807) is 12.1 Å². The first-order valence-corrected chi connectivity index (χ1v) is 7.26. The normalized spacial score (nSPS) is 11.7. The average molecular weight is 317 g/mol. The highest BCUT2D eigenvalue weighted by Crippen LogP contribution is 2.15. The second-order valence-electron chi connectivity index (χ2n) is 4.80. The molecule has 1 amide bonds. The molecule has 122 valence electrons. The highest BCUT2D eigenvalue weighted by Gasteiger charge is 2.31. The van der Waals surface area contributed by atoms with Crippen molar-refractivity contribution in [2.75, 3.05) is 6.61 Å². The number of ether oxygens (including phenoxy) is 1. The topological polar surface area (TPSA) is 77.6 Å². The van der Waals surface area contributed by atoms with E-state index in [9.17, 15) is 9.59 Å². The van der Waals surface area contributed by atoms with Crippen LogP contribution in [0.5, 0.6) is 0 Å². The van der Waals surface area contributed by atoms with Crippen LogP contribution in [0, 0.1) is 0 Å². The first kappa shape index (κ1) is 16.5. The van der Waals surface area contributed by atoms with E-state index in [1.807, 2.05) is 6.92 Å². The Hall–Kier alpha value is -2.83. The first-order valence-electron chi connectivity index (χ1n) is 7.26. The number of rotatable bonds is 7. The van der Waals surface area contributed by atoms with Crippen molar-refractivity contribution in [3.63, 3.8) is 0 Å². The van der Waals surface area contributed by atoms with Crippen molar-refractivity contribution in [2.24, 2.45) is 0 Å². The van der Waals surface area contributed by atoms with Gasteiger partial charge in [-0.2, -0.15) is 0 Å². The number of carbonyl (C=O) groups excluding carboxylic acids is 2. The van der Waals surface area contributed by atoms with E-state index >= 15 is 0 Å². The van der Waals surface area contributed by atoms with Gasteiger partial charge in [-0.15, -0.1) is 0 Å². The summed E-state index contributed by atoms with van der Waals surface area (Å²) in [5, 5.41) is 0. The third-order valence-electron chi connectivity index (χ3n) is 3.26. The maximum absolute atomic E-state index is 12.7. The highest BCUT2D eigenvalue weighted by atomic mass is 16.5. The third-order valence-corrected chi connectivity index (χ3v) is 3.26. The van der Waals surface area contributed by atoms with Gasteiger partial charge in [0, 0.05) is 12.4 Å². The van der Waals surface area contributed by atoms with Gasteiger partial charge < -0.3 is 14.1 Å². The van der Waals surface area contributed by atoms with Crippen molar-refractivity contribution in [1.29, 1.82) is 0 Å². The molecule has 2 aromatic rings. The molecule has 1 unspecified atom stereocenters. The van der Waals surface area contributed by atoms with Crippen molar-refractivity contribution in [3.05, 3.63) is 55.5 Å². The van der Waals surface area contributed by atoms with Gasteiger partial charge in [0.1, 0.15) is 24.7 Å². The van der Waals surface area contributed by atoms with Crippen LogP contribution in [-0.2, 0) is 16.1 Å². The van der Waals surface area contributed by atoms with Crippen LogP contribution in [0.1, 0.15) is 19.1 Å². The Labute approximate surface area is 134 Å². The van der Waals surface area contributed by atoms with Crippen molar-refractivity contribution >= 4 is 12.0 Å². The van der Waals surface area contributed by atoms with Gasteiger partial charge in [0.2, 0.25) is 0 Å². The van der Waals surface area contributed by atoms with E-state index in [1.165, 1.54) is 40.5 Å². The quantitative estimate of drug-likeness (QED) is 0.579. The Morgan fingerprint density at radius 3 is 2.96 bits per heavy atom. The summed E-state index contributed by atoms with van der Waals surface area (Å²) in [4.78, 5) is 30.2. The lowest BCUT2D eigenvalue weighted by Gasteiger charge is -2.28. The molecule has 0 aliphatic rings. The molecule has 0 spiro atoms. The summed E-state index contributed by atoms with van der Waals surface area (Å²) in [6, 6.07) is 2.37. The molecule has 0 radical (unpaired) electrons. The predicted octanol–water partition coefficient (Wildman–Crippen LogP) is 2.45. The molecule has 2 rings (SSSR count). The second-order valence-corrected chi connectivity index (χ2v) is 4.80. The zero-order chi connectivity index (χ0) is 16.7. The monoisotopic (exact) mass is 317 g/mol. The van der Waals surface area contributed by atoms with Gasteiger partial charge in [-0.3, -0.25) is 4.57 Å². The number of furan rings is 1. The van der Waals surface area contributed by atoms with E-state index in [0.29, 0.717) is 12.2 Å². The minimum Gasteiger partial charge on any atom is -0.467 e. The van der Waals surface area contributed by atoms with Gasteiger partial charge in [-0.1, -0.05) is 19.6 Å². The Bertz CT molecular complexity index is 634. The number of nitrogens with zero attached hydrogens (tertiary/aromatic N) is 3. The van der Waals surface area contributed by atoms with Crippen LogP contribution in [0.25, 0.3) is 0 Å². The molecule has 7 heteroatoms. The molecule has 2 heterocycles. The van der Waals surface area contributed by atoms with Crippen LogP contribution >= 0.6 is 0 Å². The molecule has 0 aliphatic carbocycles.